The van der Waals surface area contributed by atoms with Crippen molar-refractivity contribution in [2.45, 2.75) is 50.2 Å². The molecule has 1 aliphatic rings. The third-order valence-electron chi connectivity index (χ3n) is 7.00. The number of hydrogen-bond acceptors (Lipinski definition) is 6. The van der Waals surface area contributed by atoms with E-state index >= 15 is 0 Å². The first-order valence-electron chi connectivity index (χ1n) is 13.8. The summed E-state index contributed by atoms with van der Waals surface area (Å²) in [6.07, 6.45) is 3.72. The largest absolute Gasteiger partial charge is 0.392 e. The van der Waals surface area contributed by atoms with Crippen molar-refractivity contribution in [1.82, 2.24) is 20.2 Å². The maximum atomic E-state index is 11.8. The van der Waals surface area contributed by atoms with Crippen LogP contribution in [0.15, 0.2) is 90.3 Å². The lowest BCUT2D eigenvalue weighted by atomic mass is 9.99. The van der Waals surface area contributed by atoms with Gasteiger partial charge in [-0.15, -0.1) is 0 Å². The maximum Gasteiger partial charge on any atom is 0.315 e. The number of benzene rings is 3. The number of aryl methyl sites for hydroxylation is 1. The molecule has 0 saturated carbocycles. The molecule has 8 nitrogen and oxygen atoms in total. The highest BCUT2D eigenvalue weighted by molar-refractivity contribution is 7.99. The molecule has 9 heteroatoms. The lowest BCUT2D eigenvalue weighted by Gasteiger charge is -2.36. The fourth-order valence-electron chi connectivity index (χ4n) is 4.81. The Balaban J connectivity index is 1.36. The molecule has 1 aromatic heterocycles. The number of nitrogens with one attached hydrogen (secondary N) is 2. The van der Waals surface area contributed by atoms with Gasteiger partial charge in [0.15, 0.2) is 11.4 Å². The molecule has 2 amide bonds. The van der Waals surface area contributed by atoms with E-state index in [2.05, 4.69) is 39.9 Å². The van der Waals surface area contributed by atoms with Gasteiger partial charge in [0, 0.05) is 50.3 Å². The molecule has 1 fully saturated rings. The fourth-order valence-corrected chi connectivity index (χ4v) is 5.76. The summed E-state index contributed by atoms with van der Waals surface area (Å²) in [6, 6.07) is 24.2. The second-order valence-corrected chi connectivity index (χ2v) is 11.0. The zero-order valence-electron chi connectivity index (χ0n) is 23.3. The summed E-state index contributed by atoms with van der Waals surface area (Å²) in [7, 11) is 1.99. The Kier molecular flexibility index (Phi) is 9.74. The highest BCUT2D eigenvalue weighted by atomic mass is 32.2. The molecular weight excluding hydrogens is 536 g/mol. The molecular formula is C32H36N4O4S. The van der Waals surface area contributed by atoms with E-state index < -0.39 is 6.29 Å². The van der Waals surface area contributed by atoms with Crippen molar-refractivity contribution >= 4 is 17.8 Å². The number of aromatic nitrogens is 2. The van der Waals surface area contributed by atoms with Crippen LogP contribution in [-0.4, -0.2) is 39.1 Å². The van der Waals surface area contributed by atoms with Crippen LogP contribution in [0.5, 0.6) is 0 Å². The van der Waals surface area contributed by atoms with Gasteiger partial charge >= 0.3 is 6.03 Å². The predicted molar refractivity (Wildman–Crippen MR) is 160 cm³/mol. The Bertz CT molecular complexity index is 1440. The third kappa shape index (κ3) is 7.56. The van der Waals surface area contributed by atoms with Gasteiger partial charge in [-0.3, -0.25) is 0 Å². The minimum atomic E-state index is -0.541. The van der Waals surface area contributed by atoms with E-state index in [0.29, 0.717) is 19.5 Å². The van der Waals surface area contributed by atoms with Crippen molar-refractivity contribution in [2.75, 3.05) is 12.3 Å². The molecule has 41 heavy (non-hydrogen) atoms. The van der Waals surface area contributed by atoms with Crippen LogP contribution in [0.4, 0.5) is 4.79 Å². The number of aliphatic hydroxyl groups is 1. The Morgan fingerprint density at radius 3 is 2.51 bits per heavy atom. The van der Waals surface area contributed by atoms with Crippen LogP contribution >= 0.6 is 11.8 Å². The summed E-state index contributed by atoms with van der Waals surface area (Å²) in [4.78, 5) is 16.3. The van der Waals surface area contributed by atoms with Crippen molar-refractivity contribution in [3.8, 4) is 11.1 Å². The topological polar surface area (TPSA) is 97.6 Å². The number of aliphatic hydroxyl groups excluding tert-OH is 1. The first-order valence-corrected chi connectivity index (χ1v) is 14.8. The molecule has 214 valence electrons. The van der Waals surface area contributed by atoms with Gasteiger partial charge in [0.1, 0.15) is 0 Å². The van der Waals surface area contributed by atoms with E-state index in [1.165, 1.54) is 0 Å². The lowest BCUT2D eigenvalue weighted by molar-refractivity contribution is -0.245. The number of nitrogens with zero attached hydrogens (tertiary/aromatic N) is 2. The fraction of sp³-hybridized carbons (Fsp3) is 0.312. The third-order valence-corrected chi connectivity index (χ3v) is 8.19. The van der Waals surface area contributed by atoms with Crippen molar-refractivity contribution in [2.24, 2.45) is 7.05 Å². The quantitative estimate of drug-likeness (QED) is 0.210. The van der Waals surface area contributed by atoms with Crippen LogP contribution in [0.2, 0.25) is 0 Å². The lowest BCUT2D eigenvalue weighted by Crippen LogP contribution is -2.34. The van der Waals surface area contributed by atoms with E-state index in [9.17, 15) is 9.90 Å². The maximum absolute atomic E-state index is 11.8. The smallest absolute Gasteiger partial charge is 0.315 e. The van der Waals surface area contributed by atoms with Gasteiger partial charge in [-0.2, -0.15) is 0 Å². The van der Waals surface area contributed by atoms with Gasteiger partial charge in [0.05, 0.1) is 18.8 Å². The van der Waals surface area contributed by atoms with Crippen LogP contribution in [0.1, 0.15) is 48.0 Å². The number of carbonyl (C=O) groups excluding carboxylic acids is 1. The van der Waals surface area contributed by atoms with E-state index in [4.69, 9.17) is 9.47 Å². The molecule has 0 radical (unpaired) electrons. The second kappa shape index (κ2) is 13.8. The summed E-state index contributed by atoms with van der Waals surface area (Å²) in [5.41, 5.74) is 5.99. The number of amides is 2. The Morgan fingerprint density at radius 2 is 1.78 bits per heavy atom. The van der Waals surface area contributed by atoms with Gasteiger partial charge in [0.25, 0.3) is 0 Å². The van der Waals surface area contributed by atoms with Crippen LogP contribution in [0.25, 0.3) is 11.1 Å². The first kappa shape index (κ1) is 28.9. The minimum absolute atomic E-state index is 0.0104. The van der Waals surface area contributed by atoms with Crippen molar-refractivity contribution in [3.63, 3.8) is 0 Å². The number of carbonyl (C=O) groups is 1. The SMILES string of the molecule is CCNC(=O)NCc1cccc(-c2cccc(C3OC(CSc4nccn4C)CC(c4ccc(CO)cc4)O3)c2)c1. The Morgan fingerprint density at radius 1 is 1.00 bits per heavy atom. The standard InChI is InChI=1S/C32H36N4O4S/c1-3-33-31(38)35-19-23-6-4-7-25(16-23)26-8-5-9-27(17-26)30-39-28(21-41-32-34-14-15-36(32)2)18-29(40-30)24-12-10-22(20-37)11-13-24/h4-17,28-30,37H,3,18-21H2,1-2H3,(H2,33,35,38). The Hall–Kier alpha value is -3.63. The molecule has 0 aliphatic carbocycles. The second-order valence-electron chi connectivity index (χ2n) is 10.0. The van der Waals surface area contributed by atoms with Gasteiger partial charge < -0.3 is 29.8 Å². The highest BCUT2D eigenvalue weighted by Gasteiger charge is 2.32. The molecule has 1 saturated heterocycles. The minimum Gasteiger partial charge on any atom is -0.392 e. The average Bonchev–Trinajstić information content (AvgIpc) is 3.43. The van der Waals surface area contributed by atoms with Crippen molar-refractivity contribution in [1.29, 1.82) is 0 Å². The van der Waals surface area contributed by atoms with Gasteiger partial charge in [-0.05, 0) is 46.9 Å². The van der Waals surface area contributed by atoms with Crippen LogP contribution in [0, 0.1) is 0 Å². The molecule has 4 aromatic rings. The highest BCUT2D eigenvalue weighted by Crippen LogP contribution is 2.40. The van der Waals surface area contributed by atoms with E-state index in [-0.39, 0.29) is 24.8 Å². The summed E-state index contributed by atoms with van der Waals surface area (Å²) >= 11 is 1.68. The van der Waals surface area contributed by atoms with Crippen molar-refractivity contribution in [3.05, 3.63) is 107 Å². The van der Waals surface area contributed by atoms with Gasteiger partial charge in [-0.1, -0.05) is 72.4 Å². The number of urea groups is 1. The zero-order chi connectivity index (χ0) is 28.6. The first-order chi connectivity index (χ1) is 20.0. The van der Waals surface area contributed by atoms with Crippen LogP contribution in [0.3, 0.4) is 0 Å². The van der Waals surface area contributed by atoms with Gasteiger partial charge in [-0.25, -0.2) is 9.78 Å². The van der Waals surface area contributed by atoms with E-state index in [0.717, 1.165) is 44.3 Å². The number of rotatable bonds is 10. The summed E-state index contributed by atoms with van der Waals surface area (Å²) < 4.78 is 15.1. The number of imidazole rings is 1. The molecule has 2 heterocycles. The number of thioether (sulfide) groups is 1. The summed E-state index contributed by atoms with van der Waals surface area (Å²) in [5, 5.41) is 16.1. The summed E-state index contributed by atoms with van der Waals surface area (Å²) in [6.45, 7) is 2.93. The normalized spacial score (nSPS) is 18.7. The molecule has 3 unspecified atom stereocenters. The molecule has 3 aromatic carbocycles. The molecule has 5 rings (SSSR count). The molecule has 3 N–H and O–H groups in total. The molecule has 0 bridgehead atoms. The monoisotopic (exact) mass is 572 g/mol. The predicted octanol–water partition coefficient (Wildman–Crippen LogP) is 5.74. The zero-order valence-corrected chi connectivity index (χ0v) is 24.1. The number of hydrogen-bond donors (Lipinski definition) is 3. The van der Waals surface area contributed by atoms with Gasteiger partial charge in [0.2, 0.25) is 0 Å². The Labute approximate surface area is 245 Å². The molecule has 1 aliphatic heterocycles. The van der Waals surface area contributed by atoms with Crippen LogP contribution < -0.4 is 10.6 Å². The summed E-state index contributed by atoms with van der Waals surface area (Å²) in [5.74, 6) is 0.746. The van der Waals surface area contributed by atoms with Crippen molar-refractivity contribution < 1.29 is 19.4 Å². The molecule has 0 spiro atoms. The molecule has 3 atom stereocenters. The average molecular weight is 573 g/mol. The van der Waals surface area contributed by atoms with Crippen LogP contribution in [-0.2, 0) is 29.7 Å². The van der Waals surface area contributed by atoms with E-state index in [1.54, 1.807) is 18.0 Å². The number of ether oxygens (including phenoxy) is 2. The van der Waals surface area contributed by atoms with E-state index in [1.807, 2.05) is 73.3 Å².